The molecule has 0 atom stereocenters. The molecule has 3 rings (SSSR count). The molecule has 4 nitrogen and oxygen atoms in total. The van der Waals surface area contributed by atoms with Crippen LogP contribution in [0.1, 0.15) is 11.5 Å². The molecule has 3 aromatic heterocycles. The van der Waals surface area contributed by atoms with E-state index in [2.05, 4.69) is 21.6 Å². The van der Waals surface area contributed by atoms with Crippen LogP contribution in [0.4, 0.5) is 5.13 Å². The average molecular weight is 289 g/mol. The molecule has 0 radical (unpaired) electrons. The Morgan fingerprint density at radius 1 is 1.32 bits per heavy atom. The fourth-order valence-corrected chi connectivity index (χ4v) is 2.96. The van der Waals surface area contributed by atoms with E-state index in [-0.39, 0.29) is 0 Å². The van der Waals surface area contributed by atoms with Crippen molar-refractivity contribution in [3.05, 3.63) is 46.5 Å². The van der Waals surface area contributed by atoms with Crippen LogP contribution in [-0.2, 0) is 0 Å². The quantitative estimate of drug-likeness (QED) is 0.578. The number of nitrogens with zero attached hydrogens (tertiary/aromatic N) is 2. The van der Waals surface area contributed by atoms with E-state index >= 15 is 0 Å². The lowest BCUT2D eigenvalue weighted by Gasteiger charge is -1.92. The summed E-state index contributed by atoms with van der Waals surface area (Å²) in [5, 5.41) is 8.92. The molecule has 1 N–H and O–H groups in total. The predicted molar refractivity (Wildman–Crippen MR) is 80.1 cm³/mol. The van der Waals surface area contributed by atoms with Crippen LogP contribution in [0.2, 0.25) is 0 Å². The van der Waals surface area contributed by atoms with Crippen LogP contribution >= 0.6 is 22.7 Å². The van der Waals surface area contributed by atoms with Crippen LogP contribution in [0.25, 0.3) is 10.6 Å². The molecule has 0 aliphatic heterocycles. The number of aromatic nitrogens is 1. The first kappa shape index (κ1) is 12.1. The predicted octanol–water partition coefficient (Wildman–Crippen LogP) is 4.22. The Kier molecular flexibility index (Phi) is 3.43. The first-order chi connectivity index (χ1) is 9.31. The number of rotatable bonds is 4. The topological polar surface area (TPSA) is 50.4 Å². The van der Waals surface area contributed by atoms with Crippen molar-refractivity contribution in [3.8, 4) is 10.6 Å². The lowest BCUT2D eigenvalue weighted by Crippen LogP contribution is -1.88. The molecule has 96 valence electrons. The number of thiophene rings is 1. The Morgan fingerprint density at radius 2 is 2.26 bits per heavy atom. The second-order valence-electron chi connectivity index (χ2n) is 3.83. The maximum absolute atomic E-state index is 5.38. The maximum atomic E-state index is 5.38. The zero-order valence-electron chi connectivity index (χ0n) is 10.2. The van der Waals surface area contributed by atoms with Crippen LogP contribution < -0.4 is 5.43 Å². The summed E-state index contributed by atoms with van der Waals surface area (Å²) >= 11 is 3.20. The van der Waals surface area contributed by atoms with E-state index in [0.717, 1.165) is 27.2 Å². The summed E-state index contributed by atoms with van der Waals surface area (Å²) in [5.41, 5.74) is 3.88. The van der Waals surface area contributed by atoms with Crippen molar-refractivity contribution in [1.29, 1.82) is 0 Å². The minimum absolute atomic E-state index is 0.722. The number of anilines is 1. The third kappa shape index (κ3) is 2.91. The van der Waals surface area contributed by atoms with Gasteiger partial charge in [-0.15, -0.1) is 22.7 Å². The van der Waals surface area contributed by atoms with Crippen molar-refractivity contribution in [2.45, 2.75) is 6.92 Å². The van der Waals surface area contributed by atoms with Gasteiger partial charge in [0.2, 0.25) is 5.13 Å². The number of furan rings is 1. The van der Waals surface area contributed by atoms with Crippen molar-refractivity contribution in [1.82, 2.24) is 4.98 Å². The molecule has 0 fully saturated rings. The third-order valence-corrected chi connectivity index (χ3v) is 4.03. The lowest BCUT2D eigenvalue weighted by molar-refractivity contribution is 0.528. The van der Waals surface area contributed by atoms with Gasteiger partial charge >= 0.3 is 0 Å². The minimum Gasteiger partial charge on any atom is -0.460 e. The van der Waals surface area contributed by atoms with E-state index in [1.165, 1.54) is 11.3 Å². The third-order valence-electron chi connectivity index (χ3n) is 2.39. The summed E-state index contributed by atoms with van der Waals surface area (Å²) in [7, 11) is 0. The van der Waals surface area contributed by atoms with E-state index in [1.807, 2.05) is 35.9 Å². The van der Waals surface area contributed by atoms with E-state index in [4.69, 9.17) is 4.42 Å². The molecule has 0 bridgehead atoms. The van der Waals surface area contributed by atoms with Crippen molar-refractivity contribution in [2.24, 2.45) is 5.10 Å². The van der Waals surface area contributed by atoms with Crippen LogP contribution in [-0.4, -0.2) is 11.2 Å². The Balaban J connectivity index is 1.66. The Bertz CT molecular complexity index is 682. The SMILES string of the molecule is Cc1ccc(/C=N\Nc2nc(-c3cccs3)cs2)o1. The largest absolute Gasteiger partial charge is 0.460 e. The zero-order chi connectivity index (χ0) is 13.1. The number of hydrogen-bond acceptors (Lipinski definition) is 6. The van der Waals surface area contributed by atoms with Crippen LogP contribution in [0.3, 0.4) is 0 Å². The summed E-state index contributed by atoms with van der Waals surface area (Å²) in [6, 6.07) is 7.85. The fourth-order valence-electron chi connectivity index (χ4n) is 1.54. The van der Waals surface area contributed by atoms with E-state index in [9.17, 15) is 0 Å². The molecule has 3 aromatic rings. The van der Waals surface area contributed by atoms with Gasteiger partial charge in [-0.05, 0) is 30.5 Å². The van der Waals surface area contributed by atoms with Crippen molar-refractivity contribution in [2.75, 3.05) is 5.43 Å². The molecular formula is C13H11N3OS2. The summed E-state index contributed by atoms with van der Waals surface area (Å²) in [6.07, 6.45) is 1.64. The van der Waals surface area contributed by atoms with Gasteiger partial charge in [0.25, 0.3) is 0 Å². The highest BCUT2D eigenvalue weighted by Gasteiger charge is 2.04. The van der Waals surface area contributed by atoms with Gasteiger partial charge in [-0.2, -0.15) is 5.10 Å². The van der Waals surface area contributed by atoms with Gasteiger partial charge in [-0.25, -0.2) is 4.98 Å². The second kappa shape index (κ2) is 5.38. The normalized spacial score (nSPS) is 11.2. The first-order valence-corrected chi connectivity index (χ1v) is 7.42. The maximum Gasteiger partial charge on any atom is 0.203 e. The number of aryl methyl sites for hydroxylation is 1. The van der Waals surface area contributed by atoms with Crippen LogP contribution in [0.15, 0.2) is 44.5 Å². The molecule has 0 aromatic carbocycles. The second-order valence-corrected chi connectivity index (χ2v) is 5.64. The van der Waals surface area contributed by atoms with Crippen LogP contribution in [0.5, 0.6) is 0 Å². The van der Waals surface area contributed by atoms with Gasteiger partial charge in [0.05, 0.1) is 16.8 Å². The van der Waals surface area contributed by atoms with E-state index in [0.29, 0.717) is 0 Å². The molecule has 0 amide bonds. The average Bonchev–Trinajstić information content (AvgIpc) is 3.09. The molecular weight excluding hydrogens is 278 g/mol. The Hall–Kier alpha value is -1.92. The Labute approximate surface area is 118 Å². The molecule has 3 heterocycles. The fraction of sp³-hybridized carbons (Fsp3) is 0.0769. The van der Waals surface area contributed by atoms with Gasteiger partial charge in [-0.3, -0.25) is 5.43 Å². The zero-order valence-corrected chi connectivity index (χ0v) is 11.8. The summed E-state index contributed by atoms with van der Waals surface area (Å²) in [6.45, 7) is 1.90. The molecule has 0 aliphatic rings. The smallest absolute Gasteiger partial charge is 0.203 e. The monoisotopic (exact) mass is 289 g/mol. The molecule has 0 saturated carbocycles. The minimum atomic E-state index is 0.722. The molecule has 19 heavy (non-hydrogen) atoms. The molecule has 0 spiro atoms. The first-order valence-electron chi connectivity index (χ1n) is 5.66. The van der Waals surface area contributed by atoms with Gasteiger partial charge < -0.3 is 4.42 Å². The van der Waals surface area contributed by atoms with Gasteiger partial charge in [0.1, 0.15) is 11.5 Å². The highest BCUT2D eigenvalue weighted by Crippen LogP contribution is 2.28. The number of hydrazone groups is 1. The number of thiazole rings is 1. The van der Waals surface area contributed by atoms with Crippen LogP contribution in [0, 0.1) is 6.92 Å². The standard InChI is InChI=1S/C13H11N3OS2/c1-9-4-5-10(17-9)7-14-16-13-15-11(8-19-13)12-3-2-6-18-12/h2-8H,1H3,(H,15,16)/b14-7-. The molecule has 0 aliphatic carbocycles. The van der Waals surface area contributed by atoms with Gasteiger partial charge in [0.15, 0.2) is 0 Å². The van der Waals surface area contributed by atoms with Crippen molar-refractivity contribution >= 4 is 34.0 Å². The summed E-state index contributed by atoms with van der Waals surface area (Å²) in [4.78, 5) is 5.62. The van der Waals surface area contributed by atoms with Gasteiger partial charge in [-0.1, -0.05) is 6.07 Å². The Morgan fingerprint density at radius 3 is 3.00 bits per heavy atom. The highest BCUT2D eigenvalue weighted by atomic mass is 32.1. The van der Waals surface area contributed by atoms with Crippen molar-refractivity contribution < 1.29 is 4.42 Å². The number of hydrogen-bond donors (Lipinski definition) is 1. The molecule has 0 saturated heterocycles. The van der Waals surface area contributed by atoms with E-state index < -0.39 is 0 Å². The highest BCUT2D eigenvalue weighted by molar-refractivity contribution is 7.15. The van der Waals surface area contributed by atoms with E-state index in [1.54, 1.807) is 17.6 Å². The number of nitrogens with one attached hydrogen (secondary N) is 1. The van der Waals surface area contributed by atoms with Crippen molar-refractivity contribution in [3.63, 3.8) is 0 Å². The lowest BCUT2D eigenvalue weighted by atomic mass is 10.4. The summed E-state index contributed by atoms with van der Waals surface area (Å²) < 4.78 is 5.38. The van der Waals surface area contributed by atoms with Gasteiger partial charge in [0, 0.05) is 5.38 Å². The summed E-state index contributed by atoms with van der Waals surface area (Å²) in [5.74, 6) is 1.59. The molecule has 6 heteroatoms. The molecule has 0 unspecified atom stereocenters.